The number of hydrogen-bond acceptors (Lipinski definition) is 7. The zero-order valence-corrected chi connectivity index (χ0v) is 22.8. The molecule has 10 heteroatoms. The van der Waals surface area contributed by atoms with Gasteiger partial charge in [0.15, 0.2) is 0 Å². The average Bonchev–Trinajstić information content (AvgIpc) is 2.88. The van der Waals surface area contributed by atoms with Crippen molar-refractivity contribution in [2.45, 2.75) is 57.2 Å². The fourth-order valence-electron chi connectivity index (χ4n) is 6.04. The number of carbonyl (C=O) groups is 1. The maximum Gasteiger partial charge on any atom is 0.227 e. The summed E-state index contributed by atoms with van der Waals surface area (Å²) in [4.78, 5) is 27.7. The Morgan fingerprint density at radius 3 is 2.51 bits per heavy atom. The smallest absolute Gasteiger partial charge is 0.227 e. The molecular formula is C27H38N6O3S. The summed E-state index contributed by atoms with van der Waals surface area (Å²) in [6.07, 6.45) is 6.18. The summed E-state index contributed by atoms with van der Waals surface area (Å²) in [6, 6.07) is 10.6. The second-order valence-corrected chi connectivity index (χ2v) is 12.9. The first-order valence-electron chi connectivity index (χ1n) is 13.3. The van der Waals surface area contributed by atoms with Crippen molar-refractivity contribution in [3.8, 4) is 0 Å². The van der Waals surface area contributed by atoms with Crippen molar-refractivity contribution in [2.24, 2.45) is 5.92 Å². The first-order valence-corrected chi connectivity index (χ1v) is 15.1. The van der Waals surface area contributed by atoms with Crippen LogP contribution in [0.1, 0.15) is 48.9 Å². The lowest BCUT2D eigenvalue weighted by Gasteiger charge is -2.42. The van der Waals surface area contributed by atoms with E-state index in [4.69, 9.17) is 4.98 Å². The number of fused-ring (bicyclic) bond motifs is 1. The lowest BCUT2D eigenvalue weighted by Crippen LogP contribution is -2.50. The predicted molar refractivity (Wildman–Crippen MR) is 144 cm³/mol. The number of aromatic nitrogens is 2. The number of nitrogens with zero attached hydrogens (tertiary/aromatic N) is 5. The number of likely N-dealkylation sites (tertiary alicyclic amines) is 1. The molecule has 1 unspecified atom stereocenters. The van der Waals surface area contributed by atoms with Crippen molar-refractivity contribution in [2.75, 3.05) is 44.8 Å². The van der Waals surface area contributed by atoms with Gasteiger partial charge in [0.05, 0.1) is 18.5 Å². The Morgan fingerprint density at radius 2 is 1.81 bits per heavy atom. The lowest BCUT2D eigenvalue weighted by molar-refractivity contribution is -0.141. The van der Waals surface area contributed by atoms with Crippen LogP contribution in [0.25, 0.3) is 0 Å². The second-order valence-electron chi connectivity index (χ2n) is 10.9. The number of piperidine rings is 2. The molecule has 5 rings (SSSR count). The summed E-state index contributed by atoms with van der Waals surface area (Å²) >= 11 is 0. The van der Waals surface area contributed by atoms with Gasteiger partial charge in [0.25, 0.3) is 0 Å². The third-order valence-corrected chi connectivity index (χ3v) is 9.52. The Bertz CT molecular complexity index is 1220. The predicted octanol–water partition coefficient (Wildman–Crippen LogP) is 2.32. The van der Waals surface area contributed by atoms with Crippen LogP contribution in [-0.4, -0.2) is 90.0 Å². The van der Waals surface area contributed by atoms with E-state index in [1.54, 1.807) is 0 Å². The van der Waals surface area contributed by atoms with Gasteiger partial charge in [-0.05, 0) is 57.3 Å². The first-order chi connectivity index (χ1) is 17.7. The molecule has 1 aromatic heterocycles. The van der Waals surface area contributed by atoms with Gasteiger partial charge in [0.1, 0.15) is 0 Å². The van der Waals surface area contributed by atoms with E-state index in [1.165, 1.54) is 16.1 Å². The van der Waals surface area contributed by atoms with E-state index < -0.39 is 10.0 Å². The standard InChI is InChI=1S/C27H38N6O3S/c1-19-15-21-16-28-27(29-22-9-13-32(14-10-22)37(3,35)36)30-25(21)18-33(19)26(34)23-11-12-31(2)17-24(23)20-7-5-4-6-8-20/h4-8,16,19,22-24H,9-15,17-18H2,1-3H3,(H,28,29,30)/t19-,23?,24-/m1/s1. The maximum atomic E-state index is 14.0. The molecule has 0 radical (unpaired) electrons. The third-order valence-electron chi connectivity index (χ3n) is 8.22. The highest BCUT2D eigenvalue weighted by Gasteiger charge is 2.39. The summed E-state index contributed by atoms with van der Waals surface area (Å²) in [5.74, 6) is 0.921. The minimum absolute atomic E-state index is 0.0398. The first kappa shape index (κ1) is 26.1. The summed E-state index contributed by atoms with van der Waals surface area (Å²) in [6.45, 7) is 5.42. The fourth-order valence-corrected chi connectivity index (χ4v) is 6.91. The zero-order valence-electron chi connectivity index (χ0n) is 22.0. The molecule has 1 aromatic carbocycles. The quantitative estimate of drug-likeness (QED) is 0.638. The second kappa shape index (κ2) is 10.7. The van der Waals surface area contributed by atoms with Crippen LogP contribution in [0, 0.1) is 5.92 Å². The van der Waals surface area contributed by atoms with Crippen molar-refractivity contribution in [1.82, 2.24) is 24.1 Å². The topological polar surface area (TPSA) is 98.7 Å². The molecule has 1 N–H and O–H groups in total. The molecule has 3 aliphatic heterocycles. The van der Waals surface area contributed by atoms with Crippen molar-refractivity contribution < 1.29 is 13.2 Å². The van der Waals surface area contributed by atoms with Gasteiger partial charge in [0, 0.05) is 49.8 Å². The van der Waals surface area contributed by atoms with Crippen LogP contribution in [0.15, 0.2) is 36.5 Å². The van der Waals surface area contributed by atoms with Crippen LogP contribution < -0.4 is 5.32 Å². The van der Waals surface area contributed by atoms with Gasteiger partial charge in [0.2, 0.25) is 21.9 Å². The molecule has 200 valence electrons. The van der Waals surface area contributed by atoms with Gasteiger partial charge in [-0.2, -0.15) is 0 Å². The van der Waals surface area contributed by atoms with Gasteiger partial charge < -0.3 is 15.1 Å². The molecular weight excluding hydrogens is 488 g/mol. The van der Waals surface area contributed by atoms with Crippen molar-refractivity contribution >= 4 is 21.9 Å². The Labute approximate surface area is 220 Å². The molecule has 1 amide bonds. The van der Waals surface area contributed by atoms with Crippen LogP contribution in [0.4, 0.5) is 5.95 Å². The number of hydrogen-bond donors (Lipinski definition) is 1. The molecule has 0 spiro atoms. The highest BCUT2D eigenvalue weighted by molar-refractivity contribution is 7.88. The van der Waals surface area contributed by atoms with E-state index >= 15 is 0 Å². The number of carbonyl (C=O) groups excluding carboxylic acids is 1. The van der Waals surface area contributed by atoms with Crippen molar-refractivity contribution in [1.29, 1.82) is 0 Å². The Hall–Kier alpha value is -2.56. The largest absolute Gasteiger partial charge is 0.351 e. The van der Waals surface area contributed by atoms with Crippen LogP contribution in [0.3, 0.4) is 0 Å². The number of rotatable bonds is 5. The van der Waals surface area contributed by atoms with Gasteiger partial charge in [-0.1, -0.05) is 30.3 Å². The molecule has 0 aliphatic carbocycles. The van der Waals surface area contributed by atoms with E-state index in [2.05, 4.69) is 53.4 Å². The molecule has 3 aliphatic rings. The number of benzene rings is 1. The molecule has 2 aromatic rings. The Balaban J connectivity index is 1.29. The molecule has 37 heavy (non-hydrogen) atoms. The van der Waals surface area contributed by atoms with Crippen molar-refractivity contribution in [3.63, 3.8) is 0 Å². The fraction of sp³-hybridized carbons (Fsp3) is 0.593. The van der Waals surface area contributed by atoms with Gasteiger partial charge in [-0.15, -0.1) is 0 Å². The lowest BCUT2D eigenvalue weighted by atomic mass is 9.79. The minimum atomic E-state index is -3.15. The van der Waals surface area contributed by atoms with Crippen LogP contribution in [-0.2, 0) is 27.8 Å². The molecule has 0 bridgehead atoms. The molecule has 0 saturated carbocycles. The molecule has 9 nitrogen and oxygen atoms in total. The maximum absolute atomic E-state index is 14.0. The molecule has 2 fully saturated rings. The Morgan fingerprint density at radius 1 is 1.08 bits per heavy atom. The zero-order chi connectivity index (χ0) is 26.2. The summed E-state index contributed by atoms with van der Waals surface area (Å²) in [7, 11) is -1.02. The summed E-state index contributed by atoms with van der Waals surface area (Å²) < 4.78 is 25.1. The number of anilines is 1. The van der Waals surface area contributed by atoms with Gasteiger partial charge in [-0.3, -0.25) is 4.79 Å². The molecule has 3 atom stereocenters. The average molecular weight is 527 g/mol. The SMILES string of the molecule is C[C@@H]1Cc2cnc(NC3CCN(S(C)(=O)=O)CC3)nc2CN1C(=O)C1CCN(C)C[C@@H]1c1ccccc1. The highest BCUT2D eigenvalue weighted by Crippen LogP contribution is 2.35. The third kappa shape index (κ3) is 5.81. The monoisotopic (exact) mass is 526 g/mol. The van der Waals surface area contributed by atoms with Gasteiger partial charge >= 0.3 is 0 Å². The molecule has 2 saturated heterocycles. The van der Waals surface area contributed by atoms with Gasteiger partial charge in [-0.25, -0.2) is 22.7 Å². The van der Waals surface area contributed by atoms with Crippen LogP contribution in [0.5, 0.6) is 0 Å². The van der Waals surface area contributed by atoms with E-state index in [9.17, 15) is 13.2 Å². The van der Waals surface area contributed by atoms with E-state index in [1.807, 2.05) is 17.2 Å². The Kier molecular flexibility index (Phi) is 7.51. The number of likely N-dealkylation sites (N-methyl/N-ethyl adjacent to an activating group) is 1. The minimum Gasteiger partial charge on any atom is -0.351 e. The van der Waals surface area contributed by atoms with Crippen LogP contribution >= 0.6 is 0 Å². The molecule has 4 heterocycles. The number of sulfonamides is 1. The van der Waals surface area contributed by atoms with E-state index in [0.29, 0.717) is 38.4 Å². The summed E-state index contributed by atoms with van der Waals surface area (Å²) in [5.41, 5.74) is 3.23. The van der Waals surface area contributed by atoms with Crippen LogP contribution in [0.2, 0.25) is 0 Å². The van der Waals surface area contributed by atoms with E-state index in [0.717, 1.165) is 37.2 Å². The number of nitrogens with one attached hydrogen (secondary N) is 1. The van der Waals surface area contributed by atoms with Crippen molar-refractivity contribution in [3.05, 3.63) is 53.3 Å². The summed E-state index contributed by atoms with van der Waals surface area (Å²) in [5, 5.41) is 3.40. The normalized spacial score (nSPS) is 26.0. The number of amides is 1. The highest BCUT2D eigenvalue weighted by atomic mass is 32.2. The van der Waals surface area contributed by atoms with E-state index in [-0.39, 0.29) is 29.8 Å².